The summed E-state index contributed by atoms with van der Waals surface area (Å²) in [7, 11) is 0. The predicted octanol–water partition coefficient (Wildman–Crippen LogP) is 3.43. The number of carbonyl (C=O) groups excluding carboxylic acids is 1. The molecule has 2 amide bonds. The van der Waals surface area contributed by atoms with Gasteiger partial charge in [0.2, 0.25) is 0 Å². The van der Waals surface area contributed by atoms with Gasteiger partial charge in [-0.1, -0.05) is 41.1 Å². The molecule has 0 spiro atoms. The molecule has 3 nitrogen and oxygen atoms in total. The zero-order valence-corrected chi connectivity index (χ0v) is 12.9. The van der Waals surface area contributed by atoms with Crippen LogP contribution < -0.4 is 5.32 Å². The molecule has 1 aliphatic heterocycles. The van der Waals surface area contributed by atoms with Gasteiger partial charge >= 0.3 is 6.03 Å². The Morgan fingerprint density at radius 3 is 2.74 bits per heavy atom. The molecule has 0 aromatic heterocycles. The van der Waals surface area contributed by atoms with Crippen LogP contribution in [0.3, 0.4) is 0 Å². The predicted molar refractivity (Wildman–Crippen MR) is 81.2 cm³/mol. The van der Waals surface area contributed by atoms with Crippen LogP contribution in [0, 0.1) is 5.92 Å². The Bertz CT molecular complexity index is 428. The number of hydrogen-bond acceptors (Lipinski definition) is 1. The summed E-state index contributed by atoms with van der Waals surface area (Å²) < 4.78 is 1.11. The normalized spacial score (nSPS) is 16.4. The Hall–Kier alpha value is -1.03. The molecular formula is C15H21BrN2O. The highest BCUT2D eigenvalue weighted by atomic mass is 79.9. The first-order valence-corrected chi connectivity index (χ1v) is 7.72. The van der Waals surface area contributed by atoms with Crippen molar-refractivity contribution in [1.82, 2.24) is 10.2 Å². The van der Waals surface area contributed by atoms with Gasteiger partial charge in [0, 0.05) is 24.1 Å². The summed E-state index contributed by atoms with van der Waals surface area (Å²) in [6, 6.07) is 8.22. The van der Waals surface area contributed by atoms with Crippen LogP contribution in [0.4, 0.5) is 4.79 Å². The molecule has 104 valence electrons. The maximum absolute atomic E-state index is 12.0. The van der Waals surface area contributed by atoms with Gasteiger partial charge < -0.3 is 10.2 Å². The minimum absolute atomic E-state index is 0.0824. The number of benzene rings is 1. The van der Waals surface area contributed by atoms with Crippen LogP contribution in [0.1, 0.15) is 25.3 Å². The van der Waals surface area contributed by atoms with Crippen molar-refractivity contribution in [3.8, 4) is 0 Å². The molecule has 19 heavy (non-hydrogen) atoms. The van der Waals surface area contributed by atoms with E-state index in [1.807, 2.05) is 23.1 Å². The second-order valence-electron chi connectivity index (χ2n) is 5.24. The van der Waals surface area contributed by atoms with E-state index in [1.54, 1.807) is 0 Å². The topological polar surface area (TPSA) is 32.3 Å². The molecule has 1 N–H and O–H groups in total. The molecule has 1 fully saturated rings. The quantitative estimate of drug-likeness (QED) is 0.907. The fraction of sp³-hybridized carbons (Fsp3) is 0.533. The van der Waals surface area contributed by atoms with E-state index in [1.165, 1.54) is 5.56 Å². The lowest BCUT2D eigenvalue weighted by Gasteiger charge is -2.30. The standard InChI is InChI=1S/C15H21BrN2O/c1-12-7-10-18(11-8-12)15(19)17-9-6-13-4-2-3-5-14(13)16/h2-5,12H,6-11H2,1H3,(H,17,19). The van der Waals surface area contributed by atoms with Crippen LogP contribution in [0.15, 0.2) is 28.7 Å². The number of halogens is 1. The molecule has 1 aromatic rings. The largest absolute Gasteiger partial charge is 0.338 e. The average Bonchev–Trinajstić information content (AvgIpc) is 2.41. The zero-order valence-electron chi connectivity index (χ0n) is 11.4. The van der Waals surface area contributed by atoms with Crippen molar-refractivity contribution in [2.45, 2.75) is 26.2 Å². The summed E-state index contributed by atoms with van der Waals surface area (Å²) >= 11 is 3.52. The number of carbonyl (C=O) groups is 1. The minimum atomic E-state index is 0.0824. The van der Waals surface area contributed by atoms with Gasteiger partial charge in [0.05, 0.1) is 0 Å². The molecule has 2 rings (SSSR count). The van der Waals surface area contributed by atoms with Gasteiger partial charge in [-0.05, 0) is 36.8 Å². The molecular weight excluding hydrogens is 304 g/mol. The van der Waals surface area contributed by atoms with Crippen LogP contribution in [0.25, 0.3) is 0 Å². The number of urea groups is 1. The van der Waals surface area contributed by atoms with Gasteiger partial charge in [-0.3, -0.25) is 0 Å². The van der Waals surface area contributed by atoms with Crippen LogP contribution in [0.2, 0.25) is 0 Å². The fourth-order valence-corrected chi connectivity index (χ4v) is 2.81. The Morgan fingerprint density at radius 1 is 1.37 bits per heavy atom. The van der Waals surface area contributed by atoms with E-state index in [9.17, 15) is 4.79 Å². The Morgan fingerprint density at radius 2 is 2.05 bits per heavy atom. The van der Waals surface area contributed by atoms with E-state index in [-0.39, 0.29) is 6.03 Å². The van der Waals surface area contributed by atoms with Crippen LogP contribution in [0.5, 0.6) is 0 Å². The molecule has 0 aliphatic carbocycles. The zero-order chi connectivity index (χ0) is 13.7. The SMILES string of the molecule is CC1CCN(C(=O)NCCc2ccccc2Br)CC1. The molecule has 0 saturated carbocycles. The van der Waals surface area contributed by atoms with Gasteiger partial charge in [0.25, 0.3) is 0 Å². The third-order valence-corrected chi connectivity index (χ3v) is 4.47. The highest BCUT2D eigenvalue weighted by Gasteiger charge is 2.19. The summed E-state index contributed by atoms with van der Waals surface area (Å²) in [5.74, 6) is 0.754. The van der Waals surface area contributed by atoms with Crippen molar-refractivity contribution >= 4 is 22.0 Å². The lowest BCUT2D eigenvalue weighted by molar-refractivity contribution is 0.174. The third kappa shape index (κ3) is 4.23. The average molecular weight is 325 g/mol. The maximum Gasteiger partial charge on any atom is 0.317 e. The highest BCUT2D eigenvalue weighted by molar-refractivity contribution is 9.10. The van der Waals surface area contributed by atoms with Crippen molar-refractivity contribution in [1.29, 1.82) is 0 Å². The van der Waals surface area contributed by atoms with E-state index < -0.39 is 0 Å². The molecule has 1 aromatic carbocycles. The first-order valence-electron chi connectivity index (χ1n) is 6.93. The number of nitrogens with zero attached hydrogens (tertiary/aromatic N) is 1. The van der Waals surface area contributed by atoms with Crippen molar-refractivity contribution in [2.75, 3.05) is 19.6 Å². The van der Waals surface area contributed by atoms with E-state index in [4.69, 9.17) is 0 Å². The fourth-order valence-electron chi connectivity index (χ4n) is 2.33. The van der Waals surface area contributed by atoms with E-state index >= 15 is 0 Å². The molecule has 1 aliphatic rings. The second kappa shape index (κ2) is 6.94. The van der Waals surface area contributed by atoms with Gasteiger partial charge in [0.15, 0.2) is 0 Å². The molecule has 0 unspecified atom stereocenters. The van der Waals surface area contributed by atoms with Crippen LogP contribution in [-0.2, 0) is 6.42 Å². The smallest absolute Gasteiger partial charge is 0.317 e. The van der Waals surface area contributed by atoms with Gasteiger partial charge in [-0.25, -0.2) is 4.79 Å². The first-order chi connectivity index (χ1) is 9.16. The summed E-state index contributed by atoms with van der Waals surface area (Å²) in [6.45, 7) is 4.72. The monoisotopic (exact) mass is 324 g/mol. The summed E-state index contributed by atoms with van der Waals surface area (Å²) in [4.78, 5) is 13.9. The molecule has 0 bridgehead atoms. The Balaban J connectivity index is 1.74. The van der Waals surface area contributed by atoms with Crippen LogP contribution in [-0.4, -0.2) is 30.6 Å². The first kappa shape index (κ1) is 14.4. The maximum atomic E-state index is 12.0. The number of piperidine rings is 1. The van der Waals surface area contributed by atoms with Gasteiger partial charge in [0.1, 0.15) is 0 Å². The minimum Gasteiger partial charge on any atom is -0.338 e. The molecule has 0 atom stereocenters. The van der Waals surface area contributed by atoms with Gasteiger partial charge in [-0.15, -0.1) is 0 Å². The number of rotatable bonds is 3. The van der Waals surface area contributed by atoms with Crippen molar-refractivity contribution in [3.63, 3.8) is 0 Å². The van der Waals surface area contributed by atoms with Crippen LogP contribution >= 0.6 is 15.9 Å². The van der Waals surface area contributed by atoms with E-state index in [0.717, 1.165) is 42.7 Å². The van der Waals surface area contributed by atoms with E-state index in [0.29, 0.717) is 6.54 Å². The highest BCUT2D eigenvalue weighted by Crippen LogP contribution is 2.17. The summed E-state index contributed by atoms with van der Waals surface area (Å²) in [5.41, 5.74) is 1.23. The number of nitrogens with one attached hydrogen (secondary N) is 1. The van der Waals surface area contributed by atoms with Crippen molar-refractivity contribution < 1.29 is 4.79 Å². The lowest BCUT2D eigenvalue weighted by Crippen LogP contribution is -2.44. The Kier molecular flexibility index (Phi) is 5.25. The van der Waals surface area contributed by atoms with E-state index in [2.05, 4.69) is 34.2 Å². The number of likely N-dealkylation sites (tertiary alicyclic amines) is 1. The summed E-state index contributed by atoms with van der Waals surface area (Å²) in [6.07, 6.45) is 3.10. The second-order valence-corrected chi connectivity index (χ2v) is 6.10. The van der Waals surface area contributed by atoms with Gasteiger partial charge in [-0.2, -0.15) is 0 Å². The lowest BCUT2D eigenvalue weighted by atomic mass is 10.00. The summed E-state index contributed by atoms with van der Waals surface area (Å²) in [5, 5.41) is 3.01. The number of hydrogen-bond donors (Lipinski definition) is 1. The number of amides is 2. The van der Waals surface area contributed by atoms with Crippen molar-refractivity contribution in [2.24, 2.45) is 5.92 Å². The molecule has 4 heteroatoms. The Labute approximate surface area is 123 Å². The molecule has 1 heterocycles. The molecule has 0 radical (unpaired) electrons. The molecule has 1 saturated heterocycles. The van der Waals surface area contributed by atoms with Crippen molar-refractivity contribution in [3.05, 3.63) is 34.3 Å². The third-order valence-electron chi connectivity index (χ3n) is 3.70.